The van der Waals surface area contributed by atoms with Crippen LogP contribution in [-0.4, -0.2) is 38.1 Å². The van der Waals surface area contributed by atoms with E-state index in [1.807, 2.05) is 38.1 Å². The van der Waals surface area contributed by atoms with Gasteiger partial charge in [-0.3, -0.25) is 4.79 Å². The Kier molecular flexibility index (Phi) is 5.27. The Morgan fingerprint density at radius 2 is 2.00 bits per heavy atom. The Morgan fingerprint density at radius 1 is 1.27 bits per heavy atom. The molecule has 0 aliphatic heterocycles. The summed E-state index contributed by atoms with van der Waals surface area (Å²) in [6.45, 7) is 3.25. The van der Waals surface area contributed by atoms with Gasteiger partial charge in [0.25, 0.3) is 17.5 Å². The number of benzene rings is 1. The normalized spacial score (nSPS) is 12.0. The predicted octanol–water partition coefficient (Wildman–Crippen LogP) is 2.23. The Balaban J connectivity index is 1.57. The van der Waals surface area contributed by atoms with Crippen molar-refractivity contribution in [2.45, 2.75) is 19.9 Å². The van der Waals surface area contributed by atoms with Crippen molar-refractivity contribution in [2.75, 3.05) is 6.61 Å². The monoisotopic (exact) mass is 417 g/mol. The molecule has 0 aliphatic carbocycles. The summed E-state index contributed by atoms with van der Waals surface area (Å²) in [4.78, 5) is 32.1. The Hall–Kier alpha value is -2.81. The molecule has 9 heteroatoms. The number of hydrogen-bond acceptors (Lipinski definition) is 6. The number of carbonyl (C=O) groups is 2. The number of esters is 1. The molecule has 3 aromatic rings. The largest absolute Gasteiger partial charge is 0.450 e. The number of rotatable bonds is 5. The highest BCUT2D eigenvalue weighted by Gasteiger charge is 2.18. The van der Waals surface area contributed by atoms with E-state index in [-0.39, 0.29) is 11.9 Å². The lowest BCUT2D eigenvalue weighted by atomic mass is 10.1. The summed E-state index contributed by atoms with van der Waals surface area (Å²) in [5.41, 5.74) is 1.72. The van der Waals surface area contributed by atoms with E-state index in [9.17, 15) is 9.59 Å². The smallest absolute Gasteiger partial charge is 0.378 e. The van der Waals surface area contributed by atoms with Crippen LogP contribution in [0.2, 0.25) is 0 Å². The molecule has 1 unspecified atom stereocenters. The van der Waals surface area contributed by atoms with Crippen molar-refractivity contribution in [1.29, 1.82) is 0 Å². The summed E-state index contributed by atoms with van der Waals surface area (Å²) in [7, 11) is 0. The Labute approximate surface area is 157 Å². The van der Waals surface area contributed by atoms with E-state index in [4.69, 9.17) is 4.74 Å². The minimum Gasteiger partial charge on any atom is -0.450 e. The van der Waals surface area contributed by atoms with E-state index in [0.717, 1.165) is 15.7 Å². The zero-order valence-electron chi connectivity index (χ0n) is 14.1. The molecule has 2 heterocycles. The fourth-order valence-corrected chi connectivity index (χ4v) is 2.57. The first kappa shape index (κ1) is 18.0. The lowest BCUT2D eigenvalue weighted by molar-refractivity contribution is -0.124. The van der Waals surface area contributed by atoms with Gasteiger partial charge in [-0.15, -0.1) is 5.10 Å². The SMILES string of the molecule is Cc1ccnc2nc(C(=O)OCC(=O)NC(C)c3ccc(Br)cc3)nn12. The molecule has 134 valence electrons. The van der Waals surface area contributed by atoms with Crippen LogP contribution in [-0.2, 0) is 9.53 Å². The summed E-state index contributed by atoms with van der Waals surface area (Å²) in [6.07, 6.45) is 1.57. The van der Waals surface area contributed by atoms with E-state index in [1.54, 1.807) is 12.3 Å². The van der Waals surface area contributed by atoms with Gasteiger partial charge in [-0.2, -0.15) is 4.98 Å². The molecular weight excluding hydrogens is 402 g/mol. The van der Waals surface area contributed by atoms with Crippen LogP contribution in [0.1, 0.15) is 34.8 Å². The summed E-state index contributed by atoms with van der Waals surface area (Å²) < 4.78 is 7.38. The third-order valence-corrected chi connectivity index (χ3v) is 4.22. The molecule has 1 atom stereocenters. The van der Waals surface area contributed by atoms with Crippen LogP contribution in [0.25, 0.3) is 5.78 Å². The minimum atomic E-state index is -0.777. The van der Waals surface area contributed by atoms with E-state index < -0.39 is 18.5 Å². The first-order valence-electron chi connectivity index (χ1n) is 7.84. The van der Waals surface area contributed by atoms with E-state index in [1.165, 1.54) is 4.52 Å². The molecule has 0 aliphatic rings. The fraction of sp³-hybridized carbons (Fsp3) is 0.235. The summed E-state index contributed by atoms with van der Waals surface area (Å²) >= 11 is 3.36. The molecule has 3 rings (SSSR count). The molecule has 0 fully saturated rings. The molecule has 2 aromatic heterocycles. The van der Waals surface area contributed by atoms with Crippen molar-refractivity contribution in [1.82, 2.24) is 24.9 Å². The number of aromatic nitrogens is 4. The van der Waals surface area contributed by atoms with Crippen LogP contribution in [0.15, 0.2) is 41.0 Å². The van der Waals surface area contributed by atoms with Crippen molar-refractivity contribution in [3.63, 3.8) is 0 Å². The van der Waals surface area contributed by atoms with Crippen LogP contribution < -0.4 is 5.32 Å². The molecular formula is C17H16BrN5O3. The first-order chi connectivity index (χ1) is 12.4. The number of nitrogens with zero attached hydrogens (tertiary/aromatic N) is 4. The van der Waals surface area contributed by atoms with Gasteiger partial charge in [0.05, 0.1) is 6.04 Å². The van der Waals surface area contributed by atoms with Gasteiger partial charge in [-0.05, 0) is 37.6 Å². The maximum atomic E-state index is 12.0. The topological polar surface area (TPSA) is 98.5 Å². The zero-order valence-corrected chi connectivity index (χ0v) is 15.7. The molecule has 8 nitrogen and oxygen atoms in total. The second-order valence-corrected chi connectivity index (χ2v) is 6.57. The number of amides is 1. The van der Waals surface area contributed by atoms with E-state index >= 15 is 0 Å². The van der Waals surface area contributed by atoms with Crippen LogP contribution in [0.3, 0.4) is 0 Å². The number of carbonyl (C=O) groups excluding carboxylic acids is 2. The number of ether oxygens (including phenoxy) is 1. The molecule has 0 radical (unpaired) electrons. The molecule has 0 saturated heterocycles. The second kappa shape index (κ2) is 7.61. The quantitative estimate of drug-likeness (QED) is 0.639. The third kappa shape index (κ3) is 4.05. The Bertz CT molecular complexity index is 955. The summed E-state index contributed by atoms with van der Waals surface area (Å²) in [5.74, 6) is -1.03. The standard InChI is InChI=1S/C17H16BrN5O3/c1-10-7-8-19-17-21-15(22-23(10)17)16(25)26-9-14(24)20-11(2)12-3-5-13(18)6-4-12/h3-8,11H,9H2,1-2H3,(H,20,24). The van der Waals surface area contributed by atoms with Crippen molar-refractivity contribution in [3.05, 3.63) is 58.1 Å². The number of halogens is 1. The Morgan fingerprint density at radius 3 is 2.69 bits per heavy atom. The molecule has 0 spiro atoms. The summed E-state index contributed by atoms with van der Waals surface area (Å²) in [6, 6.07) is 9.11. The van der Waals surface area contributed by atoms with Crippen LogP contribution in [0, 0.1) is 6.92 Å². The van der Waals surface area contributed by atoms with Gasteiger partial charge in [0.2, 0.25) is 0 Å². The zero-order chi connectivity index (χ0) is 18.7. The predicted molar refractivity (Wildman–Crippen MR) is 96.5 cm³/mol. The molecule has 26 heavy (non-hydrogen) atoms. The van der Waals surface area contributed by atoms with Crippen LogP contribution in [0.5, 0.6) is 0 Å². The minimum absolute atomic E-state index is 0.138. The van der Waals surface area contributed by atoms with Crippen molar-refractivity contribution in [3.8, 4) is 0 Å². The van der Waals surface area contributed by atoms with Gasteiger partial charge in [-0.1, -0.05) is 28.1 Å². The highest BCUT2D eigenvalue weighted by Crippen LogP contribution is 2.16. The van der Waals surface area contributed by atoms with Crippen LogP contribution >= 0.6 is 15.9 Å². The van der Waals surface area contributed by atoms with Gasteiger partial charge < -0.3 is 10.1 Å². The van der Waals surface area contributed by atoms with Crippen molar-refractivity contribution < 1.29 is 14.3 Å². The number of aryl methyl sites for hydroxylation is 1. The number of nitrogens with one attached hydrogen (secondary N) is 1. The van der Waals surface area contributed by atoms with Gasteiger partial charge >= 0.3 is 5.97 Å². The maximum Gasteiger partial charge on any atom is 0.378 e. The lowest BCUT2D eigenvalue weighted by Gasteiger charge is -2.14. The number of hydrogen-bond donors (Lipinski definition) is 1. The van der Waals surface area contributed by atoms with Crippen molar-refractivity contribution >= 4 is 33.6 Å². The van der Waals surface area contributed by atoms with Gasteiger partial charge in [0.1, 0.15) is 0 Å². The highest BCUT2D eigenvalue weighted by atomic mass is 79.9. The summed E-state index contributed by atoms with van der Waals surface area (Å²) in [5, 5.41) is 6.81. The lowest BCUT2D eigenvalue weighted by Crippen LogP contribution is -2.31. The van der Waals surface area contributed by atoms with Gasteiger partial charge in [-0.25, -0.2) is 14.3 Å². The van der Waals surface area contributed by atoms with E-state index in [2.05, 4.69) is 36.3 Å². The average Bonchev–Trinajstić information content (AvgIpc) is 3.06. The molecule has 0 bridgehead atoms. The number of fused-ring (bicyclic) bond motifs is 1. The molecule has 0 saturated carbocycles. The van der Waals surface area contributed by atoms with E-state index in [0.29, 0.717) is 5.78 Å². The van der Waals surface area contributed by atoms with Gasteiger partial charge in [0.15, 0.2) is 6.61 Å². The first-order valence-corrected chi connectivity index (χ1v) is 8.63. The molecule has 1 aromatic carbocycles. The second-order valence-electron chi connectivity index (χ2n) is 5.65. The maximum absolute atomic E-state index is 12.0. The third-order valence-electron chi connectivity index (χ3n) is 3.69. The average molecular weight is 418 g/mol. The highest BCUT2D eigenvalue weighted by molar-refractivity contribution is 9.10. The molecule has 1 N–H and O–H groups in total. The fourth-order valence-electron chi connectivity index (χ4n) is 2.31. The van der Waals surface area contributed by atoms with Gasteiger partial charge in [0, 0.05) is 16.4 Å². The van der Waals surface area contributed by atoms with Crippen LogP contribution in [0.4, 0.5) is 0 Å². The molecule has 1 amide bonds. The van der Waals surface area contributed by atoms with Crippen molar-refractivity contribution in [2.24, 2.45) is 0 Å².